The van der Waals surface area contributed by atoms with E-state index in [0.717, 1.165) is 16.2 Å². The zero-order chi connectivity index (χ0) is 11.5. The van der Waals surface area contributed by atoms with Crippen LogP contribution in [0.3, 0.4) is 0 Å². The van der Waals surface area contributed by atoms with Gasteiger partial charge < -0.3 is 5.73 Å². The molecule has 82 valence electrons. The van der Waals surface area contributed by atoms with Gasteiger partial charge in [-0.05, 0) is 19.1 Å². The van der Waals surface area contributed by atoms with Crippen molar-refractivity contribution in [3.63, 3.8) is 0 Å². The Bertz CT molecular complexity index is 471. The lowest BCUT2D eigenvalue weighted by Gasteiger charge is -2.06. The quantitative estimate of drug-likeness (QED) is 0.758. The maximum absolute atomic E-state index is 11.7. The number of hydrogen-bond acceptors (Lipinski definition) is 4. The maximum atomic E-state index is 11.7. The van der Waals surface area contributed by atoms with Crippen molar-refractivity contribution in [3.8, 4) is 12.3 Å². The van der Waals surface area contributed by atoms with Gasteiger partial charge in [0, 0.05) is 11.4 Å². The van der Waals surface area contributed by atoms with Crippen molar-refractivity contribution in [1.29, 1.82) is 0 Å². The van der Waals surface area contributed by atoms with Crippen molar-refractivity contribution in [2.24, 2.45) is 5.73 Å². The van der Waals surface area contributed by atoms with Crippen LogP contribution in [0.15, 0.2) is 16.3 Å². The zero-order valence-corrected chi connectivity index (χ0v) is 9.86. The van der Waals surface area contributed by atoms with E-state index < -0.39 is 16.1 Å². The molecule has 0 aliphatic carbocycles. The second kappa shape index (κ2) is 4.77. The molecule has 0 radical (unpaired) electrons. The summed E-state index contributed by atoms with van der Waals surface area (Å²) in [5.74, 6) is 2.30. The first-order chi connectivity index (χ1) is 6.99. The third-order valence-corrected chi connectivity index (χ3v) is 4.83. The Morgan fingerprint density at radius 3 is 2.80 bits per heavy atom. The van der Waals surface area contributed by atoms with Gasteiger partial charge >= 0.3 is 0 Å². The van der Waals surface area contributed by atoms with Gasteiger partial charge in [-0.2, -0.15) is 4.72 Å². The second-order valence-corrected chi connectivity index (χ2v) is 6.04. The average molecular weight is 244 g/mol. The highest BCUT2D eigenvalue weighted by Gasteiger charge is 2.18. The Morgan fingerprint density at radius 1 is 1.67 bits per heavy atom. The van der Waals surface area contributed by atoms with E-state index in [4.69, 9.17) is 12.2 Å². The topological polar surface area (TPSA) is 72.2 Å². The van der Waals surface area contributed by atoms with Crippen LogP contribution < -0.4 is 10.5 Å². The first kappa shape index (κ1) is 12.2. The fourth-order valence-electron chi connectivity index (χ4n) is 0.937. The molecule has 15 heavy (non-hydrogen) atoms. The molecule has 0 bridgehead atoms. The lowest BCUT2D eigenvalue weighted by atomic mass is 10.4. The summed E-state index contributed by atoms with van der Waals surface area (Å²) in [5, 5.41) is 0. The molecule has 0 aliphatic heterocycles. The molecule has 0 aromatic carbocycles. The molecule has 1 aromatic heterocycles. The standard InChI is InChI=1S/C9H12N2O2S2/c1-3-7(2)11-15(12,13)9-5-4-8(6-10)14-9/h1,4-5,7,11H,6,10H2,2H3. The first-order valence-electron chi connectivity index (χ1n) is 4.27. The molecule has 0 fully saturated rings. The largest absolute Gasteiger partial charge is 0.326 e. The van der Waals surface area contributed by atoms with Crippen LogP contribution in [0.2, 0.25) is 0 Å². The number of rotatable bonds is 4. The fraction of sp³-hybridized carbons (Fsp3) is 0.333. The van der Waals surface area contributed by atoms with Crippen LogP contribution in [-0.4, -0.2) is 14.5 Å². The monoisotopic (exact) mass is 244 g/mol. The van der Waals surface area contributed by atoms with Gasteiger partial charge in [0.2, 0.25) is 0 Å². The molecule has 1 rings (SSSR count). The summed E-state index contributed by atoms with van der Waals surface area (Å²) in [5.41, 5.74) is 5.40. The van der Waals surface area contributed by atoms with Gasteiger partial charge in [-0.15, -0.1) is 17.8 Å². The van der Waals surface area contributed by atoms with Crippen molar-refractivity contribution in [1.82, 2.24) is 4.72 Å². The van der Waals surface area contributed by atoms with Gasteiger partial charge in [0.1, 0.15) is 4.21 Å². The van der Waals surface area contributed by atoms with Crippen molar-refractivity contribution in [2.75, 3.05) is 0 Å². The van der Waals surface area contributed by atoms with E-state index in [9.17, 15) is 8.42 Å². The van der Waals surface area contributed by atoms with E-state index in [1.54, 1.807) is 13.0 Å². The molecule has 1 unspecified atom stereocenters. The van der Waals surface area contributed by atoms with Gasteiger partial charge in [0.05, 0.1) is 6.04 Å². The highest BCUT2D eigenvalue weighted by atomic mass is 32.2. The molecule has 1 atom stereocenters. The summed E-state index contributed by atoms with van der Waals surface area (Å²) in [7, 11) is -3.49. The summed E-state index contributed by atoms with van der Waals surface area (Å²) in [4.78, 5) is 0.823. The third kappa shape index (κ3) is 3.04. The van der Waals surface area contributed by atoms with Crippen LogP contribution in [0, 0.1) is 12.3 Å². The molecular weight excluding hydrogens is 232 g/mol. The van der Waals surface area contributed by atoms with Gasteiger partial charge in [-0.25, -0.2) is 8.42 Å². The SMILES string of the molecule is C#CC(C)NS(=O)(=O)c1ccc(CN)s1. The Hall–Kier alpha value is -0.870. The van der Waals surface area contributed by atoms with Crippen molar-refractivity contribution >= 4 is 21.4 Å². The number of hydrogen-bond donors (Lipinski definition) is 2. The van der Waals surface area contributed by atoms with E-state index in [0.29, 0.717) is 6.54 Å². The summed E-state index contributed by atoms with van der Waals surface area (Å²) in [6.45, 7) is 1.94. The van der Waals surface area contributed by atoms with Crippen LogP contribution in [0.1, 0.15) is 11.8 Å². The van der Waals surface area contributed by atoms with Crippen molar-refractivity contribution in [2.45, 2.75) is 23.7 Å². The molecule has 0 saturated carbocycles. The summed E-state index contributed by atoms with van der Waals surface area (Å²) in [6.07, 6.45) is 5.10. The molecule has 0 spiro atoms. The number of nitrogens with one attached hydrogen (secondary N) is 1. The van der Waals surface area contributed by atoms with Crippen LogP contribution in [0.5, 0.6) is 0 Å². The highest BCUT2D eigenvalue weighted by molar-refractivity contribution is 7.91. The minimum absolute atomic E-state index is 0.241. The molecule has 3 N–H and O–H groups in total. The molecule has 6 heteroatoms. The van der Waals surface area contributed by atoms with Crippen molar-refractivity contribution < 1.29 is 8.42 Å². The van der Waals surface area contributed by atoms with E-state index in [2.05, 4.69) is 10.6 Å². The number of thiophene rings is 1. The van der Waals surface area contributed by atoms with Gasteiger partial charge in [-0.1, -0.05) is 5.92 Å². The Labute approximate surface area is 93.5 Å². The molecule has 0 saturated heterocycles. The van der Waals surface area contributed by atoms with Crippen molar-refractivity contribution in [3.05, 3.63) is 17.0 Å². The molecule has 0 amide bonds. The smallest absolute Gasteiger partial charge is 0.251 e. The van der Waals surface area contributed by atoms with Gasteiger partial charge in [0.25, 0.3) is 10.0 Å². The Morgan fingerprint density at radius 2 is 2.33 bits per heavy atom. The molecular formula is C9H12N2O2S2. The molecule has 4 nitrogen and oxygen atoms in total. The van der Waals surface area contributed by atoms with Crippen LogP contribution in [-0.2, 0) is 16.6 Å². The minimum Gasteiger partial charge on any atom is -0.326 e. The minimum atomic E-state index is -3.49. The lowest BCUT2D eigenvalue weighted by molar-refractivity contribution is 0.580. The van der Waals surface area contributed by atoms with E-state index in [1.807, 2.05) is 0 Å². The molecule has 1 heterocycles. The summed E-state index contributed by atoms with van der Waals surface area (Å²) < 4.78 is 26.0. The van der Waals surface area contributed by atoms with E-state index >= 15 is 0 Å². The zero-order valence-electron chi connectivity index (χ0n) is 8.23. The Balaban J connectivity index is 2.92. The predicted molar refractivity (Wildman–Crippen MR) is 60.8 cm³/mol. The number of nitrogens with two attached hydrogens (primary N) is 1. The second-order valence-electron chi connectivity index (χ2n) is 2.93. The normalized spacial score (nSPS) is 13.4. The third-order valence-electron chi connectivity index (χ3n) is 1.68. The predicted octanol–water partition coefficient (Wildman–Crippen LogP) is 0.507. The van der Waals surface area contributed by atoms with Crippen LogP contribution >= 0.6 is 11.3 Å². The lowest BCUT2D eigenvalue weighted by Crippen LogP contribution is -2.30. The molecule has 0 aliphatic rings. The Kier molecular flexibility index (Phi) is 3.88. The van der Waals surface area contributed by atoms with Crippen LogP contribution in [0.4, 0.5) is 0 Å². The highest BCUT2D eigenvalue weighted by Crippen LogP contribution is 2.20. The van der Waals surface area contributed by atoms with Gasteiger partial charge in [-0.3, -0.25) is 0 Å². The first-order valence-corrected chi connectivity index (χ1v) is 6.57. The van der Waals surface area contributed by atoms with E-state index in [1.165, 1.54) is 6.07 Å². The summed E-state index contributed by atoms with van der Waals surface area (Å²) >= 11 is 1.15. The summed E-state index contributed by atoms with van der Waals surface area (Å²) in [6, 6.07) is 2.71. The maximum Gasteiger partial charge on any atom is 0.251 e. The molecule has 1 aromatic rings. The van der Waals surface area contributed by atoms with Crippen LogP contribution in [0.25, 0.3) is 0 Å². The van der Waals surface area contributed by atoms with E-state index in [-0.39, 0.29) is 4.21 Å². The number of terminal acetylenes is 1. The van der Waals surface area contributed by atoms with Gasteiger partial charge in [0.15, 0.2) is 0 Å². The average Bonchev–Trinajstić information content (AvgIpc) is 2.65. The fourth-order valence-corrected chi connectivity index (χ4v) is 3.35. The number of sulfonamides is 1.